The van der Waals surface area contributed by atoms with E-state index in [-0.39, 0.29) is 18.6 Å². The van der Waals surface area contributed by atoms with E-state index in [4.69, 9.17) is 4.74 Å². The molecule has 11 heteroatoms. The SMILES string of the molecule is COC(=O)C1=C(CN2CCN3C(=O)N(CC(C)(C)C=O)CC3C2)NC(c2nccs2)=NC1. The summed E-state index contributed by atoms with van der Waals surface area (Å²) in [6.45, 7) is 7.43. The van der Waals surface area contributed by atoms with E-state index < -0.39 is 11.4 Å². The third kappa shape index (κ3) is 4.53. The quantitative estimate of drug-likeness (QED) is 0.468. The predicted octanol–water partition coefficient (Wildman–Crippen LogP) is 0.567. The molecule has 4 heterocycles. The first-order chi connectivity index (χ1) is 15.3. The van der Waals surface area contributed by atoms with Crippen molar-refractivity contribution in [3.63, 3.8) is 0 Å². The molecule has 3 aliphatic heterocycles. The van der Waals surface area contributed by atoms with E-state index in [0.29, 0.717) is 50.7 Å². The van der Waals surface area contributed by atoms with E-state index >= 15 is 0 Å². The van der Waals surface area contributed by atoms with Crippen molar-refractivity contribution in [1.29, 1.82) is 0 Å². The Bertz CT molecular complexity index is 958. The van der Waals surface area contributed by atoms with Gasteiger partial charge in [0.15, 0.2) is 10.8 Å². The molecule has 10 nitrogen and oxygen atoms in total. The van der Waals surface area contributed by atoms with Gasteiger partial charge >= 0.3 is 12.0 Å². The molecule has 4 rings (SSSR count). The smallest absolute Gasteiger partial charge is 0.337 e. The van der Waals surface area contributed by atoms with Gasteiger partial charge in [-0.2, -0.15) is 0 Å². The van der Waals surface area contributed by atoms with Gasteiger partial charge in [-0.3, -0.25) is 9.89 Å². The number of aldehydes is 1. The first kappa shape index (κ1) is 22.4. The van der Waals surface area contributed by atoms with Gasteiger partial charge in [-0.25, -0.2) is 14.6 Å². The third-order valence-electron chi connectivity index (χ3n) is 5.91. The number of hydrogen-bond donors (Lipinski definition) is 1. The maximum absolute atomic E-state index is 12.8. The van der Waals surface area contributed by atoms with Crippen LogP contribution in [-0.4, -0.2) is 103 Å². The summed E-state index contributed by atoms with van der Waals surface area (Å²) >= 11 is 1.48. The molecule has 0 saturated carbocycles. The van der Waals surface area contributed by atoms with E-state index in [1.165, 1.54) is 18.4 Å². The fraction of sp³-hybridized carbons (Fsp3) is 0.571. The summed E-state index contributed by atoms with van der Waals surface area (Å²) in [6, 6.07) is 0.0459. The van der Waals surface area contributed by atoms with Crippen molar-refractivity contribution in [3.8, 4) is 0 Å². The number of nitrogens with one attached hydrogen (secondary N) is 1. The number of amidine groups is 1. The Hall–Kier alpha value is -2.79. The summed E-state index contributed by atoms with van der Waals surface area (Å²) in [6.07, 6.45) is 2.62. The zero-order chi connectivity index (χ0) is 22.9. The van der Waals surface area contributed by atoms with E-state index in [2.05, 4.69) is 20.2 Å². The number of carbonyl (C=O) groups is 3. The van der Waals surface area contributed by atoms with Gasteiger partial charge in [-0.15, -0.1) is 11.3 Å². The number of methoxy groups -OCH3 is 1. The van der Waals surface area contributed by atoms with Crippen LogP contribution in [0.25, 0.3) is 0 Å². The Morgan fingerprint density at radius 2 is 2.19 bits per heavy atom. The highest BCUT2D eigenvalue weighted by Gasteiger charge is 2.42. The van der Waals surface area contributed by atoms with Gasteiger partial charge in [-0.05, 0) is 0 Å². The molecule has 1 N–H and O–H groups in total. The van der Waals surface area contributed by atoms with Crippen molar-refractivity contribution in [2.45, 2.75) is 19.9 Å². The number of nitrogens with zero attached hydrogens (tertiary/aromatic N) is 5. The Labute approximate surface area is 190 Å². The molecule has 172 valence electrons. The number of fused-ring (bicyclic) bond motifs is 1. The number of rotatable bonds is 7. The van der Waals surface area contributed by atoms with Crippen LogP contribution in [0.5, 0.6) is 0 Å². The van der Waals surface area contributed by atoms with E-state index in [1.54, 1.807) is 11.1 Å². The van der Waals surface area contributed by atoms with Crippen LogP contribution < -0.4 is 5.32 Å². The number of hydrogen-bond acceptors (Lipinski definition) is 9. The highest BCUT2D eigenvalue weighted by Crippen LogP contribution is 2.25. The van der Waals surface area contributed by atoms with Gasteiger partial charge in [0.25, 0.3) is 0 Å². The van der Waals surface area contributed by atoms with Crippen molar-refractivity contribution < 1.29 is 19.1 Å². The number of esters is 1. The van der Waals surface area contributed by atoms with E-state index in [1.807, 2.05) is 24.1 Å². The normalized spacial score (nSPS) is 21.9. The second-order valence-electron chi connectivity index (χ2n) is 8.93. The van der Waals surface area contributed by atoms with Crippen LogP contribution >= 0.6 is 11.3 Å². The molecule has 0 aromatic carbocycles. The molecule has 0 bridgehead atoms. The van der Waals surface area contributed by atoms with Gasteiger partial charge in [0, 0.05) is 62.0 Å². The highest BCUT2D eigenvalue weighted by molar-refractivity contribution is 7.11. The largest absolute Gasteiger partial charge is 0.466 e. The zero-order valence-electron chi connectivity index (χ0n) is 18.5. The van der Waals surface area contributed by atoms with Gasteiger partial charge in [0.1, 0.15) is 6.29 Å². The molecule has 1 aromatic rings. The lowest BCUT2D eigenvalue weighted by Gasteiger charge is -2.37. The molecular weight excluding hydrogens is 432 g/mol. The Morgan fingerprint density at radius 3 is 2.88 bits per heavy atom. The fourth-order valence-corrected chi connectivity index (χ4v) is 4.89. The van der Waals surface area contributed by atoms with Crippen LogP contribution in [0.1, 0.15) is 18.9 Å². The average Bonchev–Trinajstić information content (AvgIpc) is 3.42. The van der Waals surface area contributed by atoms with Crippen molar-refractivity contribution in [2.24, 2.45) is 10.4 Å². The summed E-state index contributed by atoms with van der Waals surface area (Å²) in [5.74, 6) is 0.256. The number of aromatic nitrogens is 1. The molecule has 32 heavy (non-hydrogen) atoms. The number of carbonyl (C=O) groups excluding carboxylic acids is 3. The molecule has 0 aliphatic carbocycles. The summed E-state index contributed by atoms with van der Waals surface area (Å²) < 4.78 is 4.96. The number of urea groups is 1. The van der Waals surface area contributed by atoms with Crippen molar-refractivity contribution >= 4 is 35.5 Å². The molecule has 2 fully saturated rings. The van der Waals surface area contributed by atoms with E-state index in [9.17, 15) is 14.4 Å². The lowest BCUT2D eigenvalue weighted by Crippen LogP contribution is -2.53. The van der Waals surface area contributed by atoms with Crippen molar-refractivity contribution in [2.75, 3.05) is 52.9 Å². The Kier molecular flexibility index (Phi) is 6.29. The zero-order valence-corrected chi connectivity index (χ0v) is 19.4. The third-order valence-corrected chi connectivity index (χ3v) is 6.69. The summed E-state index contributed by atoms with van der Waals surface area (Å²) in [5, 5.41) is 5.94. The standard InChI is InChI=1S/C21H28N6O4S/c1-21(2,13-28)12-26-10-14-9-25(5-6-27(14)20(26)30)11-16-15(19(29)31-3)8-23-17(24-16)18-22-4-7-32-18/h4,7,13-14H,5-6,8-12H2,1-3H3,(H,23,24). The molecule has 0 radical (unpaired) electrons. The van der Waals surface area contributed by atoms with Crippen LogP contribution in [0.3, 0.4) is 0 Å². The van der Waals surface area contributed by atoms with Crippen LogP contribution in [0.4, 0.5) is 4.79 Å². The van der Waals surface area contributed by atoms with Gasteiger partial charge in [0.2, 0.25) is 0 Å². The Balaban J connectivity index is 1.45. The topological polar surface area (TPSA) is 107 Å². The summed E-state index contributed by atoms with van der Waals surface area (Å²) in [7, 11) is 1.37. The van der Waals surface area contributed by atoms with Gasteiger partial charge in [-0.1, -0.05) is 13.8 Å². The summed E-state index contributed by atoms with van der Waals surface area (Å²) in [4.78, 5) is 51.1. The first-order valence-corrected chi connectivity index (χ1v) is 11.4. The molecular formula is C21H28N6O4S. The van der Waals surface area contributed by atoms with Crippen LogP contribution in [0.2, 0.25) is 0 Å². The second-order valence-corrected chi connectivity index (χ2v) is 9.82. The van der Waals surface area contributed by atoms with Crippen molar-refractivity contribution in [1.82, 2.24) is 25.0 Å². The predicted molar refractivity (Wildman–Crippen MR) is 119 cm³/mol. The monoisotopic (exact) mass is 460 g/mol. The molecule has 1 unspecified atom stereocenters. The number of aliphatic imine (C=N–C) groups is 1. The lowest BCUT2D eigenvalue weighted by atomic mass is 9.95. The molecule has 1 aromatic heterocycles. The number of piperazine rings is 1. The maximum Gasteiger partial charge on any atom is 0.337 e. The van der Waals surface area contributed by atoms with Crippen LogP contribution in [0, 0.1) is 5.41 Å². The minimum absolute atomic E-state index is 0.00646. The summed E-state index contributed by atoms with van der Waals surface area (Å²) in [5.41, 5.74) is 0.697. The van der Waals surface area contributed by atoms with Gasteiger partial charge in [0.05, 0.1) is 25.3 Å². The fourth-order valence-electron chi connectivity index (χ4n) is 4.29. The molecule has 2 amide bonds. The lowest BCUT2D eigenvalue weighted by molar-refractivity contribution is -0.136. The van der Waals surface area contributed by atoms with Crippen molar-refractivity contribution in [3.05, 3.63) is 27.9 Å². The molecule has 3 aliphatic rings. The second kappa shape index (κ2) is 8.99. The Morgan fingerprint density at radius 1 is 1.38 bits per heavy atom. The number of thiazole rings is 1. The van der Waals surface area contributed by atoms with Gasteiger partial charge < -0.3 is 24.6 Å². The van der Waals surface area contributed by atoms with E-state index in [0.717, 1.165) is 17.0 Å². The highest BCUT2D eigenvalue weighted by atomic mass is 32.1. The first-order valence-electron chi connectivity index (χ1n) is 10.6. The average molecular weight is 461 g/mol. The van der Waals surface area contributed by atoms with Crippen LogP contribution in [-0.2, 0) is 14.3 Å². The minimum Gasteiger partial charge on any atom is -0.466 e. The number of amides is 2. The minimum atomic E-state index is -0.568. The molecule has 2 saturated heterocycles. The maximum atomic E-state index is 12.8. The molecule has 1 atom stereocenters. The van der Waals surface area contributed by atoms with Crippen LogP contribution in [0.15, 0.2) is 27.8 Å². The molecule has 0 spiro atoms. The number of ether oxygens (including phenoxy) is 1.